The van der Waals surface area contributed by atoms with E-state index in [-0.39, 0.29) is 29.1 Å². The summed E-state index contributed by atoms with van der Waals surface area (Å²) >= 11 is 0. The van der Waals surface area contributed by atoms with Crippen molar-refractivity contribution in [3.8, 4) is 11.5 Å². The summed E-state index contributed by atoms with van der Waals surface area (Å²) in [6, 6.07) is 3.38. The number of fused-ring (bicyclic) bond motifs is 1. The number of phenols is 2. The number of rotatable bonds is 3. The molecule has 1 aliphatic rings. The van der Waals surface area contributed by atoms with Crippen LogP contribution in [0.4, 0.5) is 0 Å². The highest BCUT2D eigenvalue weighted by atomic mass is 16.5. The highest BCUT2D eigenvalue weighted by Crippen LogP contribution is 2.41. The fourth-order valence-corrected chi connectivity index (χ4v) is 2.88. The Balaban J connectivity index is 2.32. The van der Waals surface area contributed by atoms with Gasteiger partial charge >= 0.3 is 0 Å². The highest BCUT2D eigenvalue weighted by Gasteiger charge is 2.32. The Morgan fingerprint density at radius 2 is 2.00 bits per heavy atom. The van der Waals surface area contributed by atoms with Crippen LogP contribution in [0.2, 0.25) is 0 Å². The third-order valence-electron chi connectivity index (χ3n) is 3.66. The maximum atomic E-state index is 10.1. The second kappa shape index (κ2) is 5.62. The van der Waals surface area contributed by atoms with E-state index in [1.165, 1.54) is 6.07 Å². The van der Waals surface area contributed by atoms with Gasteiger partial charge in [0.05, 0.1) is 12.2 Å². The molecule has 0 spiro atoms. The molecule has 0 aliphatic carbocycles. The second-order valence-corrected chi connectivity index (χ2v) is 6.77. The van der Waals surface area contributed by atoms with Gasteiger partial charge in [0.2, 0.25) is 0 Å². The molecule has 0 radical (unpaired) electrons. The van der Waals surface area contributed by atoms with Crippen LogP contribution in [0.1, 0.15) is 44.4 Å². The van der Waals surface area contributed by atoms with Crippen LogP contribution in [-0.4, -0.2) is 29.9 Å². The summed E-state index contributed by atoms with van der Waals surface area (Å²) in [5.74, 6) is -0.0471. The summed E-state index contributed by atoms with van der Waals surface area (Å²) in [6.45, 7) is 7.24. The molecule has 112 valence electrons. The maximum Gasteiger partial charge on any atom is 0.161 e. The van der Waals surface area contributed by atoms with Crippen LogP contribution in [0.25, 0.3) is 0 Å². The molecule has 2 atom stereocenters. The first-order valence-electron chi connectivity index (χ1n) is 7.15. The molecular weight excluding hydrogens is 254 g/mol. The Labute approximate surface area is 120 Å². The summed E-state index contributed by atoms with van der Waals surface area (Å²) in [7, 11) is 1.89. The first-order chi connectivity index (χ1) is 9.31. The molecule has 0 fully saturated rings. The molecule has 20 heavy (non-hydrogen) atoms. The van der Waals surface area contributed by atoms with Gasteiger partial charge in [-0.3, -0.25) is 0 Å². The molecule has 4 nitrogen and oxygen atoms in total. The number of ether oxygens (including phenoxy) is 1. The fraction of sp³-hybridized carbons (Fsp3) is 0.625. The number of hydrogen-bond donors (Lipinski definition) is 3. The molecule has 0 amide bonds. The lowest BCUT2D eigenvalue weighted by atomic mass is 9.84. The van der Waals surface area contributed by atoms with Crippen LogP contribution in [0, 0.1) is 5.41 Å². The van der Waals surface area contributed by atoms with Crippen LogP contribution >= 0.6 is 0 Å². The van der Waals surface area contributed by atoms with Gasteiger partial charge in [0.25, 0.3) is 0 Å². The lowest BCUT2D eigenvalue weighted by molar-refractivity contribution is -0.0423. The number of nitrogens with one attached hydrogen (secondary N) is 1. The Morgan fingerprint density at radius 1 is 1.30 bits per heavy atom. The third-order valence-corrected chi connectivity index (χ3v) is 3.66. The van der Waals surface area contributed by atoms with Gasteiger partial charge < -0.3 is 20.3 Å². The zero-order valence-electron chi connectivity index (χ0n) is 12.7. The molecule has 1 aliphatic heterocycles. The number of aromatic hydroxyl groups is 2. The van der Waals surface area contributed by atoms with Gasteiger partial charge in [0, 0.05) is 18.5 Å². The van der Waals surface area contributed by atoms with E-state index in [1.807, 2.05) is 13.1 Å². The van der Waals surface area contributed by atoms with E-state index in [0.717, 1.165) is 17.5 Å². The summed E-state index contributed by atoms with van der Waals surface area (Å²) in [5.41, 5.74) is 1.96. The minimum Gasteiger partial charge on any atom is -0.504 e. The van der Waals surface area contributed by atoms with Crippen molar-refractivity contribution in [1.29, 1.82) is 0 Å². The molecule has 0 bridgehead atoms. The van der Waals surface area contributed by atoms with E-state index in [0.29, 0.717) is 13.0 Å². The molecule has 3 N–H and O–H groups in total. The van der Waals surface area contributed by atoms with Crippen molar-refractivity contribution in [2.75, 3.05) is 13.6 Å². The van der Waals surface area contributed by atoms with Crippen LogP contribution in [0.15, 0.2) is 12.1 Å². The van der Waals surface area contributed by atoms with Crippen molar-refractivity contribution in [2.24, 2.45) is 5.41 Å². The van der Waals surface area contributed by atoms with Crippen molar-refractivity contribution in [3.63, 3.8) is 0 Å². The van der Waals surface area contributed by atoms with E-state index in [1.54, 1.807) is 0 Å². The minimum absolute atomic E-state index is 0.00538. The molecule has 4 heteroatoms. The molecule has 1 aromatic carbocycles. The van der Waals surface area contributed by atoms with Gasteiger partial charge in [0.1, 0.15) is 0 Å². The number of likely N-dealkylation sites (N-methyl/N-ethyl adjacent to an activating group) is 1. The Morgan fingerprint density at radius 3 is 2.60 bits per heavy atom. The Hall–Kier alpha value is -1.26. The standard InChI is InChI=1S/C16H25NO3/c1-16(2,3)8-10-7-12-11(14(20-10)9-17-4)5-6-13(18)15(12)19/h5-6,10,14,17-19H,7-9H2,1-4H3/t10-,14-/m0/s1. The normalized spacial score (nSPS) is 22.6. The number of benzene rings is 1. The largest absolute Gasteiger partial charge is 0.504 e. The lowest BCUT2D eigenvalue weighted by Crippen LogP contribution is -2.33. The van der Waals surface area contributed by atoms with E-state index in [4.69, 9.17) is 4.74 Å². The minimum atomic E-state index is -0.0809. The fourth-order valence-electron chi connectivity index (χ4n) is 2.88. The average molecular weight is 279 g/mol. The van der Waals surface area contributed by atoms with Gasteiger partial charge in [-0.05, 0) is 30.5 Å². The molecular formula is C16H25NO3. The van der Waals surface area contributed by atoms with Gasteiger partial charge in [-0.15, -0.1) is 0 Å². The number of phenolic OH excluding ortho intramolecular Hbond substituents is 2. The summed E-state index contributed by atoms with van der Waals surface area (Å²) in [5, 5.41) is 22.9. The van der Waals surface area contributed by atoms with Gasteiger partial charge in [-0.25, -0.2) is 0 Å². The lowest BCUT2D eigenvalue weighted by Gasteiger charge is -2.35. The molecule has 0 unspecified atom stereocenters. The van der Waals surface area contributed by atoms with Crippen molar-refractivity contribution >= 4 is 0 Å². The van der Waals surface area contributed by atoms with Gasteiger partial charge in [-0.1, -0.05) is 26.8 Å². The van der Waals surface area contributed by atoms with Crippen molar-refractivity contribution in [3.05, 3.63) is 23.3 Å². The van der Waals surface area contributed by atoms with Crippen molar-refractivity contribution in [1.82, 2.24) is 5.32 Å². The van der Waals surface area contributed by atoms with Crippen LogP contribution < -0.4 is 5.32 Å². The Bertz CT molecular complexity index is 479. The quantitative estimate of drug-likeness (QED) is 0.745. The SMILES string of the molecule is CNC[C@@H]1O[C@H](CC(C)(C)C)Cc2c1ccc(O)c2O. The summed E-state index contributed by atoms with van der Waals surface area (Å²) in [6.07, 6.45) is 1.55. The van der Waals surface area contributed by atoms with Crippen LogP contribution in [0.5, 0.6) is 11.5 Å². The first-order valence-corrected chi connectivity index (χ1v) is 7.15. The predicted octanol–water partition coefficient (Wildman–Crippen LogP) is 2.74. The monoisotopic (exact) mass is 279 g/mol. The van der Waals surface area contributed by atoms with E-state index >= 15 is 0 Å². The zero-order valence-corrected chi connectivity index (χ0v) is 12.7. The predicted molar refractivity (Wildman–Crippen MR) is 79.1 cm³/mol. The molecule has 0 saturated heterocycles. The first kappa shape index (κ1) is 15.1. The van der Waals surface area contributed by atoms with Crippen LogP contribution in [-0.2, 0) is 11.2 Å². The van der Waals surface area contributed by atoms with Crippen molar-refractivity contribution < 1.29 is 14.9 Å². The average Bonchev–Trinajstić information content (AvgIpc) is 2.33. The van der Waals surface area contributed by atoms with Crippen molar-refractivity contribution in [2.45, 2.75) is 45.8 Å². The van der Waals surface area contributed by atoms with Gasteiger partial charge in [0.15, 0.2) is 11.5 Å². The van der Waals surface area contributed by atoms with Crippen LogP contribution in [0.3, 0.4) is 0 Å². The van der Waals surface area contributed by atoms with E-state index in [2.05, 4.69) is 26.1 Å². The molecule has 2 rings (SSSR count). The van der Waals surface area contributed by atoms with E-state index < -0.39 is 0 Å². The smallest absolute Gasteiger partial charge is 0.161 e. The third kappa shape index (κ3) is 3.25. The number of hydrogen-bond acceptors (Lipinski definition) is 4. The molecule has 0 aromatic heterocycles. The topological polar surface area (TPSA) is 61.7 Å². The zero-order chi connectivity index (χ0) is 14.9. The summed E-state index contributed by atoms with van der Waals surface area (Å²) < 4.78 is 6.17. The second-order valence-electron chi connectivity index (χ2n) is 6.77. The Kier molecular flexibility index (Phi) is 4.25. The summed E-state index contributed by atoms with van der Waals surface area (Å²) in [4.78, 5) is 0. The highest BCUT2D eigenvalue weighted by molar-refractivity contribution is 5.51. The van der Waals surface area contributed by atoms with E-state index in [9.17, 15) is 10.2 Å². The van der Waals surface area contributed by atoms with Gasteiger partial charge in [-0.2, -0.15) is 0 Å². The molecule has 1 aromatic rings. The molecule has 0 saturated carbocycles. The molecule has 1 heterocycles. The maximum absolute atomic E-state index is 10.1.